The number of hydrogen-bond acceptors (Lipinski definition) is 11. The van der Waals surface area contributed by atoms with Gasteiger partial charge in [-0.2, -0.15) is 8.42 Å². The van der Waals surface area contributed by atoms with Crippen molar-refractivity contribution in [3.63, 3.8) is 0 Å². The highest BCUT2D eigenvalue weighted by atomic mass is 32.3. The van der Waals surface area contributed by atoms with Crippen molar-refractivity contribution in [2.45, 2.75) is 249 Å². The average Bonchev–Trinajstić information content (AvgIpc) is 3.27. The van der Waals surface area contributed by atoms with Gasteiger partial charge in [0.15, 0.2) is 6.29 Å². The Labute approximate surface area is 388 Å². The molecule has 0 aliphatic carbocycles. The molecule has 1 aliphatic heterocycles. The zero-order chi connectivity index (χ0) is 47.1. The van der Waals surface area contributed by atoms with E-state index in [-0.39, 0.29) is 6.42 Å². The van der Waals surface area contributed by atoms with Gasteiger partial charge in [0.05, 0.1) is 25.4 Å². The molecular weight excluding hydrogens is 839 g/mol. The summed E-state index contributed by atoms with van der Waals surface area (Å²) in [6.07, 6.45) is 37.6. The fraction of sp³-hybridized carbons (Fsp3) is 0.820. The van der Waals surface area contributed by atoms with E-state index in [9.17, 15) is 43.3 Å². The van der Waals surface area contributed by atoms with Crippen molar-refractivity contribution in [1.29, 1.82) is 0 Å². The van der Waals surface area contributed by atoms with Gasteiger partial charge in [-0.15, -0.1) is 0 Å². The number of nitrogens with one attached hydrogen (secondary N) is 1. The number of unbranched alkanes of at least 4 members (excludes halogenated alkanes) is 23. The number of rotatable bonds is 42. The van der Waals surface area contributed by atoms with Crippen LogP contribution >= 0.6 is 0 Å². The Morgan fingerprint density at radius 2 is 1.05 bits per heavy atom. The summed E-state index contributed by atoms with van der Waals surface area (Å²) >= 11 is 0. The third kappa shape index (κ3) is 31.9. The van der Waals surface area contributed by atoms with E-state index < -0.39 is 78.5 Å². The van der Waals surface area contributed by atoms with E-state index in [1.807, 2.05) is 0 Å². The van der Waals surface area contributed by atoms with Crippen LogP contribution in [0.5, 0.6) is 0 Å². The maximum absolute atomic E-state index is 13.1. The summed E-state index contributed by atoms with van der Waals surface area (Å²) in [5, 5.41) is 55.3. The van der Waals surface area contributed by atoms with Crippen LogP contribution < -0.4 is 5.32 Å². The Balaban J connectivity index is 2.59. The van der Waals surface area contributed by atoms with Gasteiger partial charge in [-0.25, -0.2) is 4.18 Å². The molecule has 0 saturated carbocycles. The lowest BCUT2D eigenvalue weighted by molar-refractivity contribution is -0.298. The largest absolute Gasteiger partial charge is 0.397 e. The predicted octanol–water partition coefficient (Wildman–Crippen LogP) is 9.41. The van der Waals surface area contributed by atoms with Crippen LogP contribution in [0.4, 0.5) is 0 Å². The van der Waals surface area contributed by atoms with Crippen molar-refractivity contribution in [1.82, 2.24) is 5.32 Å². The van der Waals surface area contributed by atoms with Gasteiger partial charge >= 0.3 is 10.4 Å². The maximum Gasteiger partial charge on any atom is 0.397 e. The van der Waals surface area contributed by atoms with Crippen molar-refractivity contribution in [3.8, 4) is 0 Å². The Hall–Kier alpha value is -1.98. The van der Waals surface area contributed by atoms with Gasteiger partial charge in [0.2, 0.25) is 5.91 Å². The van der Waals surface area contributed by atoms with E-state index in [0.29, 0.717) is 12.8 Å². The highest BCUT2D eigenvalue weighted by molar-refractivity contribution is 7.80. The van der Waals surface area contributed by atoms with E-state index in [2.05, 4.69) is 59.8 Å². The SMILES string of the molecule is CCCCCCCCC/C=C\CCCCCCC(O)C(=O)NC(COC1OC(CO)C(O)C(OS(=O)(=O)O)C1O)C(O)/C=C/CC/C=C/CC/C=C/CCCCCCCCCCCC. The lowest BCUT2D eigenvalue weighted by Crippen LogP contribution is -2.61. The summed E-state index contributed by atoms with van der Waals surface area (Å²) in [5.41, 5.74) is 0. The molecule has 374 valence electrons. The van der Waals surface area contributed by atoms with E-state index in [4.69, 9.17) is 9.47 Å². The van der Waals surface area contributed by atoms with Gasteiger partial charge in [0.25, 0.3) is 0 Å². The van der Waals surface area contributed by atoms with Gasteiger partial charge in [0, 0.05) is 0 Å². The van der Waals surface area contributed by atoms with Crippen LogP contribution in [0.2, 0.25) is 0 Å². The second kappa shape index (κ2) is 40.1. The minimum absolute atomic E-state index is 0.218. The number of aliphatic hydroxyl groups is 5. The number of carbonyl (C=O) groups is 1. The molecule has 0 bridgehead atoms. The third-order valence-corrected chi connectivity index (χ3v) is 12.1. The normalized spacial score (nSPS) is 21.2. The summed E-state index contributed by atoms with van der Waals surface area (Å²) in [4.78, 5) is 13.1. The highest BCUT2D eigenvalue weighted by Gasteiger charge is 2.48. The maximum atomic E-state index is 13.1. The molecule has 0 aromatic rings. The summed E-state index contributed by atoms with van der Waals surface area (Å²) in [5.74, 6) is -0.726. The third-order valence-electron chi connectivity index (χ3n) is 11.7. The Morgan fingerprint density at radius 1 is 0.625 bits per heavy atom. The quantitative estimate of drug-likeness (QED) is 0.0173. The lowest BCUT2D eigenvalue weighted by atomic mass is 9.99. The second-order valence-corrected chi connectivity index (χ2v) is 18.6. The Kier molecular flexibility index (Phi) is 37.6. The number of aliphatic hydroxyl groups excluding tert-OH is 5. The van der Waals surface area contributed by atoms with E-state index >= 15 is 0 Å². The van der Waals surface area contributed by atoms with Crippen molar-refractivity contribution in [3.05, 3.63) is 48.6 Å². The predicted molar refractivity (Wildman–Crippen MR) is 256 cm³/mol. The van der Waals surface area contributed by atoms with Crippen LogP contribution in [0.3, 0.4) is 0 Å². The number of allylic oxidation sites excluding steroid dienone is 7. The van der Waals surface area contributed by atoms with Crippen LogP contribution in [-0.4, -0.2) is 107 Å². The van der Waals surface area contributed by atoms with Crippen molar-refractivity contribution in [2.24, 2.45) is 0 Å². The summed E-state index contributed by atoms with van der Waals surface area (Å²) < 4.78 is 47.6. The molecule has 13 nitrogen and oxygen atoms in total. The minimum atomic E-state index is -5.13. The molecule has 14 heteroatoms. The number of ether oxygens (including phenoxy) is 2. The molecule has 0 aromatic heterocycles. The standard InChI is InChI=1S/C50H91NO12S/c1-3-5-7-9-11-13-15-17-19-20-21-22-23-25-26-28-30-32-34-36-38-43(53)42(41-61-50-47(56)48(63-64(58,59)60)46(55)45(40-52)62-50)51-49(57)44(54)39-37-35-33-31-29-27-24-18-16-14-12-10-8-6-4-2/h22-24,27-28,30,36,38,42-48,50,52-56H,3-21,25-26,29,31-35,37,39-41H2,1-2H3,(H,51,57)(H,58,59,60)/b23-22+,27-24-,30-28+,38-36+. The molecule has 1 aliphatic rings. The molecule has 1 amide bonds. The van der Waals surface area contributed by atoms with Gasteiger partial charge in [-0.1, -0.05) is 178 Å². The van der Waals surface area contributed by atoms with Crippen LogP contribution in [0.25, 0.3) is 0 Å². The zero-order valence-corrected chi connectivity index (χ0v) is 40.5. The number of carbonyl (C=O) groups excluding carboxylic acids is 1. The topological polar surface area (TPSA) is 212 Å². The second-order valence-electron chi connectivity index (χ2n) is 17.5. The minimum Gasteiger partial charge on any atom is -0.394 e. The lowest BCUT2D eigenvalue weighted by Gasteiger charge is -2.41. The fourth-order valence-corrected chi connectivity index (χ4v) is 8.17. The van der Waals surface area contributed by atoms with E-state index in [1.54, 1.807) is 6.08 Å². The fourth-order valence-electron chi connectivity index (χ4n) is 7.66. The number of hydrogen-bond donors (Lipinski definition) is 7. The summed E-state index contributed by atoms with van der Waals surface area (Å²) in [7, 11) is -5.13. The van der Waals surface area contributed by atoms with Crippen molar-refractivity contribution >= 4 is 16.3 Å². The van der Waals surface area contributed by atoms with Crippen LogP contribution in [-0.2, 0) is 28.9 Å². The van der Waals surface area contributed by atoms with Crippen LogP contribution in [0, 0.1) is 0 Å². The zero-order valence-electron chi connectivity index (χ0n) is 39.7. The molecule has 64 heavy (non-hydrogen) atoms. The molecule has 1 rings (SSSR count). The van der Waals surface area contributed by atoms with Crippen molar-refractivity contribution in [2.75, 3.05) is 13.2 Å². The molecule has 7 N–H and O–H groups in total. The molecule has 0 radical (unpaired) electrons. The molecule has 0 aromatic carbocycles. The van der Waals surface area contributed by atoms with Gasteiger partial charge in [0.1, 0.15) is 30.5 Å². The average molecular weight is 930 g/mol. The monoisotopic (exact) mass is 930 g/mol. The van der Waals surface area contributed by atoms with E-state index in [1.165, 1.54) is 115 Å². The van der Waals surface area contributed by atoms with E-state index in [0.717, 1.165) is 57.8 Å². The van der Waals surface area contributed by atoms with Gasteiger partial charge in [-0.05, 0) is 70.6 Å². The molecular formula is C50H91NO12S. The Bertz CT molecular complexity index is 1340. The highest BCUT2D eigenvalue weighted by Crippen LogP contribution is 2.26. The first-order chi connectivity index (χ1) is 30.9. The smallest absolute Gasteiger partial charge is 0.394 e. The van der Waals surface area contributed by atoms with Crippen LogP contribution in [0.15, 0.2) is 48.6 Å². The molecule has 1 saturated heterocycles. The molecule has 8 unspecified atom stereocenters. The molecule has 8 atom stereocenters. The summed E-state index contributed by atoms with van der Waals surface area (Å²) in [6.45, 7) is 3.19. The van der Waals surface area contributed by atoms with Gasteiger partial charge in [-0.3, -0.25) is 9.35 Å². The molecule has 1 heterocycles. The summed E-state index contributed by atoms with van der Waals surface area (Å²) in [6, 6.07) is -1.15. The first-order valence-electron chi connectivity index (χ1n) is 25.1. The molecule has 1 fully saturated rings. The van der Waals surface area contributed by atoms with Gasteiger partial charge < -0.3 is 40.3 Å². The molecule has 0 spiro atoms. The number of amides is 1. The Morgan fingerprint density at radius 3 is 1.50 bits per heavy atom. The van der Waals surface area contributed by atoms with Crippen molar-refractivity contribution < 1.29 is 57.0 Å². The first-order valence-corrected chi connectivity index (χ1v) is 26.5. The van der Waals surface area contributed by atoms with Crippen LogP contribution in [0.1, 0.15) is 200 Å². The first kappa shape index (κ1) is 60.0.